The molecule has 7 heteroatoms. The molecule has 0 fully saturated rings. The fourth-order valence-electron chi connectivity index (χ4n) is 3.65. The van der Waals surface area contributed by atoms with Crippen molar-refractivity contribution >= 4 is 22.8 Å². The molecular formula is C21H19FN2O4. The number of fused-ring (bicyclic) bond motifs is 3. The first kappa shape index (κ1) is 18.0. The van der Waals surface area contributed by atoms with Gasteiger partial charge in [-0.15, -0.1) is 0 Å². The van der Waals surface area contributed by atoms with Crippen LogP contribution in [0.25, 0.3) is 10.9 Å². The van der Waals surface area contributed by atoms with Crippen molar-refractivity contribution in [2.24, 2.45) is 0 Å². The molecular weight excluding hydrogens is 363 g/mol. The Hall–Kier alpha value is -3.35. The molecule has 0 radical (unpaired) electrons. The third-order valence-electron chi connectivity index (χ3n) is 5.08. The van der Waals surface area contributed by atoms with Gasteiger partial charge in [0, 0.05) is 41.7 Å². The molecule has 0 saturated heterocycles. The number of esters is 1. The highest BCUT2D eigenvalue weighted by atomic mass is 19.1. The van der Waals surface area contributed by atoms with Crippen LogP contribution >= 0.6 is 0 Å². The number of methoxy groups -OCH3 is 2. The summed E-state index contributed by atoms with van der Waals surface area (Å²) in [5, 5.41) is 0.876. The average molecular weight is 382 g/mol. The van der Waals surface area contributed by atoms with Gasteiger partial charge in [0.15, 0.2) is 0 Å². The normalized spacial score (nSPS) is 13.3. The molecule has 1 amide bonds. The van der Waals surface area contributed by atoms with Crippen LogP contribution in [0.3, 0.4) is 0 Å². The van der Waals surface area contributed by atoms with E-state index in [-0.39, 0.29) is 11.5 Å². The number of nitrogens with zero attached hydrogens (tertiary/aromatic N) is 1. The Morgan fingerprint density at radius 1 is 1.14 bits per heavy atom. The van der Waals surface area contributed by atoms with Crippen LogP contribution in [0.2, 0.25) is 0 Å². The van der Waals surface area contributed by atoms with Crippen LogP contribution in [0, 0.1) is 5.82 Å². The van der Waals surface area contributed by atoms with Crippen molar-refractivity contribution < 1.29 is 23.5 Å². The lowest BCUT2D eigenvalue weighted by atomic mass is 10.0. The van der Waals surface area contributed by atoms with Gasteiger partial charge in [0.1, 0.15) is 11.6 Å². The molecule has 0 spiro atoms. The van der Waals surface area contributed by atoms with E-state index >= 15 is 0 Å². The van der Waals surface area contributed by atoms with Crippen molar-refractivity contribution in [3.8, 4) is 5.75 Å². The van der Waals surface area contributed by atoms with Gasteiger partial charge in [-0.3, -0.25) is 4.79 Å². The highest BCUT2D eigenvalue weighted by Gasteiger charge is 2.27. The van der Waals surface area contributed by atoms with Crippen molar-refractivity contribution in [1.29, 1.82) is 0 Å². The largest absolute Gasteiger partial charge is 0.496 e. The quantitative estimate of drug-likeness (QED) is 0.706. The lowest BCUT2D eigenvalue weighted by Crippen LogP contribution is -2.36. The van der Waals surface area contributed by atoms with Crippen LogP contribution in [0.1, 0.15) is 32.0 Å². The molecule has 4 rings (SSSR count). The summed E-state index contributed by atoms with van der Waals surface area (Å²) in [7, 11) is 2.79. The maximum Gasteiger partial charge on any atom is 0.337 e. The molecule has 0 atom stereocenters. The number of aromatic nitrogens is 1. The molecule has 1 aliphatic heterocycles. The summed E-state index contributed by atoms with van der Waals surface area (Å²) in [5.74, 6) is -0.855. The number of hydrogen-bond acceptors (Lipinski definition) is 4. The standard InChI is InChI=1S/C21H19FN2O4/c1-27-19-6-4-13(22)10-15(19)20(25)24-8-7-18-16(11-24)14-9-12(21(26)28-2)3-5-17(14)23-18/h3-6,9-10,23H,7-8,11H2,1-2H3. The molecule has 144 valence electrons. The predicted octanol–water partition coefficient (Wildman–Crippen LogP) is 3.30. The number of carbonyl (C=O) groups excluding carboxylic acids is 2. The molecule has 28 heavy (non-hydrogen) atoms. The Kier molecular flexibility index (Phi) is 4.50. The molecule has 2 heterocycles. The third-order valence-corrected chi connectivity index (χ3v) is 5.08. The second-order valence-corrected chi connectivity index (χ2v) is 6.66. The maximum absolute atomic E-state index is 13.7. The molecule has 1 N–H and O–H groups in total. The summed E-state index contributed by atoms with van der Waals surface area (Å²) in [6, 6.07) is 9.22. The molecule has 3 aromatic rings. The number of carbonyl (C=O) groups is 2. The van der Waals surface area contributed by atoms with Crippen molar-refractivity contribution in [2.45, 2.75) is 13.0 Å². The highest BCUT2D eigenvalue weighted by molar-refractivity contribution is 5.98. The lowest BCUT2D eigenvalue weighted by Gasteiger charge is -2.28. The molecule has 2 aromatic carbocycles. The van der Waals surface area contributed by atoms with E-state index in [0.717, 1.165) is 22.2 Å². The van der Waals surface area contributed by atoms with Crippen LogP contribution in [0.4, 0.5) is 4.39 Å². The van der Waals surface area contributed by atoms with Gasteiger partial charge in [-0.05, 0) is 36.4 Å². The first-order valence-electron chi connectivity index (χ1n) is 8.86. The summed E-state index contributed by atoms with van der Waals surface area (Å²) in [4.78, 5) is 29.9. The average Bonchev–Trinajstić information content (AvgIpc) is 3.09. The van der Waals surface area contributed by atoms with Gasteiger partial charge in [-0.1, -0.05) is 0 Å². The molecule has 1 aliphatic rings. The Bertz CT molecular complexity index is 1090. The number of ether oxygens (including phenoxy) is 2. The summed E-state index contributed by atoms with van der Waals surface area (Å²) >= 11 is 0. The Balaban J connectivity index is 1.70. The van der Waals surface area contributed by atoms with E-state index < -0.39 is 11.8 Å². The Morgan fingerprint density at radius 2 is 1.96 bits per heavy atom. The van der Waals surface area contributed by atoms with Crippen LogP contribution < -0.4 is 4.74 Å². The smallest absolute Gasteiger partial charge is 0.337 e. The van der Waals surface area contributed by atoms with Gasteiger partial charge in [0.2, 0.25) is 0 Å². The topological polar surface area (TPSA) is 71.6 Å². The first-order chi connectivity index (χ1) is 13.5. The van der Waals surface area contributed by atoms with Gasteiger partial charge in [-0.2, -0.15) is 0 Å². The van der Waals surface area contributed by atoms with Gasteiger partial charge in [0.05, 0.1) is 25.3 Å². The summed E-state index contributed by atoms with van der Waals surface area (Å²) in [6.45, 7) is 0.862. The summed E-state index contributed by atoms with van der Waals surface area (Å²) in [5.41, 5.74) is 3.53. The van der Waals surface area contributed by atoms with Gasteiger partial charge >= 0.3 is 5.97 Å². The number of halogens is 1. The molecule has 0 aliphatic carbocycles. The minimum atomic E-state index is -0.489. The zero-order valence-corrected chi connectivity index (χ0v) is 15.5. The van der Waals surface area contributed by atoms with E-state index in [1.165, 1.54) is 32.4 Å². The molecule has 0 unspecified atom stereocenters. The third kappa shape index (κ3) is 2.98. The van der Waals surface area contributed by atoms with Crippen molar-refractivity contribution in [3.63, 3.8) is 0 Å². The van der Waals surface area contributed by atoms with Gasteiger partial charge in [0.25, 0.3) is 5.91 Å². The number of nitrogens with one attached hydrogen (secondary N) is 1. The Morgan fingerprint density at radius 3 is 2.71 bits per heavy atom. The van der Waals surface area contributed by atoms with Crippen LogP contribution in [0.5, 0.6) is 5.75 Å². The number of amides is 1. The predicted molar refractivity (Wildman–Crippen MR) is 101 cm³/mol. The minimum Gasteiger partial charge on any atom is -0.496 e. The van der Waals surface area contributed by atoms with Gasteiger partial charge in [-0.25, -0.2) is 9.18 Å². The van der Waals surface area contributed by atoms with E-state index in [1.54, 1.807) is 17.0 Å². The fraction of sp³-hybridized carbons (Fsp3) is 0.238. The van der Waals surface area contributed by atoms with E-state index in [2.05, 4.69) is 4.98 Å². The zero-order valence-electron chi connectivity index (χ0n) is 15.5. The molecule has 0 bridgehead atoms. The second-order valence-electron chi connectivity index (χ2n) is 6.66. The van der Waals surface area contributed by atoms with Crippen LogP contribution in [0.15, 0.2) is 36.4 Å². The number of benzene rings is 2. The van der Waals surface area contributed by atoms with E-state index in [0.29, 0.717) is 30.8 Å². The van der Waals surface area contributed by atoms with E-state index in [4.69, 9.17) is 9.47 Å². The lowest BCUT2D eigenvalue weighted by molar-refractivity contribution is 0.0600. The van der Waals surface area contributed by atoms with Crippen LogP contribution in [-0.2, 0) is 17.7 Å². The van der Waals surface area contributed by atoms with E-state index in [9.17, 15) is 14.0 Å². The highest BCUT2D eigenvalue weighted by Crippen LogP contribution is 2.30. The monoisotopic (exact) mass is 382 g/mol. The SMILES string of the molecule is COC(=O)c1ccc2[nH]c3c(c2c1)CN(C(=O)c1cc(F)ccc1OC)CC3. The molecule has 0 saturated carbocycles. The minimum absolute atomic E-state index is 0.195. The number of aromatic amines is 1. The number of H-pyrrole nitrogens is 1. The number of hydrogen-bond donors (Lipinski definition) is 1. The van der Waals surface area contributed by atoms with Crippen LogP contribution in [-0.4, -0.2) is 42.5 Å². The second kappa shape index (κ2) is 6.99. The Labute approximate surface area is 160 Å². The van der Waals surface area contributed by atoms with E-state index in [1.807, 2.05) is 6.07 Å². The van der Waals surface area contributed by atoms with Crippen molar-refractivity contribution in [1.82, 2.24) is 9.88 Å². The first-order valence-corrected chi connectivity index (χ1v) is 8.86. The summed E-state index contributed by atoms with van der Waals surface area (Å²) in [6.07, 6.45) is 0.640. The van der Waals surface area contributed by atoms with Crippen molar-refractivity contribution in [2.75, 3.05) is 20.8 Å². The fourth-order valence-corrected chi connectivity index (χ4v) is 3.65. The molecule has 1 aromatic heterocycles. The van der Waals surface area contributed by atoms with Gasteiger partial charge < -0.3 is 19.4 Å². The summed E-state index contributed by atoms with van der Waals surface area (Å²) < 4.78 is 23.7. The number of rotatable bonds is 3. The maximum atomic E-state index is 13.7. The molecule has 6 nitrogen and oxygen atoms in total. The zero-order chi connectivity index (χ0) is 19.8. The van der Waals surface area contributed by atoms with Crippen molar-refractivity contribution in [3.05, 3.63) is 64.6 Å².